The molecule has 0 bridgehead atoms. The fourth-order valence-electron chi connectivity index (χ4n) is 2.41. The first kappa shape index (κ1) is 16.0. The van der Waals surface area contributed by atoms with E-state index in [-0.39, 0.29) is 11.9 Å². The van der Waals surface area contributed by atoms with Crippen molar-refractivity contribution in [2.75, 3.05) is 0 Å². The lowest BCUT2D eigenvalue weighted by Crippen LogP contribution is -2.31. The van der Waals surface area contributed by atoms with Crippen molar-refractivity contribution in [2.24, 2.45) is 0 Å². The molecule has 0 aromatic heterocycles. The summed E-state index contributed by atoms with van der Waals surface area (Å²) in [5.41, 5.74) is 0.924. The first-order valence-corrected chi connectivity index (χ1v) is 7.42. The van der Waals surface area contributed by atoms with Crippen LogP contribution in [0, 0.1) is 0 Å². The summed E-state index contributed by atoms with van der Waals surface area (Å²) >= 11 is 0. The second kappa shape index (κ2) is 7.59. The van der Waals surface area contributed by atoms with Gasteiger partial charge in [-0.1, -0.05) is 43.3 Å². The molecule has 1 aromatic rings. The molecule has 1 aliphatic heterocycles. The minimum absolute atomic E-state index is 0.312. The van der Waals surface area contributed by atoms with Gasteiger partial charge in [0.25, 0.3) is 0 Å². The molecule has 2 rings (SSSR count). The predicted octanol–water partition coefficient (Wildman–Crippen LogP) is 3.15. The van der Waals surface area contributed by atoms with Crippen molar-refractivity contribution >= 4 is 11.9 Å². The van der Waals surface area contributed by atoms with E-state index in [2.05, 4.69) is 0 Å². The van der Waals surface area contributed by atoms with Crippen LogP contribution in [0.3, 0.4) is 0 Å². The van der Waals surface area contributed by atoms with Gasteiger partial charge >= 0.3 is 11.9 Å². The Morgan fingerprint density at radius 2 is 2.09 bits per heavy atom. The first-order valence-electron chi connectivity index (χ1n) is 7.42. The standard InChI is InChI=1S/C18H20O4/c1-3-8-15(16-11-12-17(19)21-16)22-18(20)14(4-2)13-9-6-5-7-10-13/h3,5-12,14-16H,4H2,1-2H3/b8-3+/t14-,15-,16?/m0/s1. The van der Waals surface area contributed by atoms with Gasteiger partial charge in [-0.05, 0) is 31.1 Å². The zero-order valence-electron chi connectivity index (χ0n) is 12.8. The third-order valence-electron chi connectivity index (χ3n) is 3.53. The van der Waals surface area contributed by atoms with Gasteiger partial charge in [-0.15, -0.1) is 0 Å². The van der Waals surface area contributed by atoms with Crippen molar-refractivity contribution < 1.29 is 19.1 Å². The van der Waals surface area contributed by atoms with Crippen LogP contribution in [0.25, 0.3) is 0 Å². The molecule has 3 atom stereocenters. The maximum Gasteiger partial charge on any atom is 0.331 e. The van der Waals surface area contributed by atoms with Crippen molar-refractivity contribution in [3.05, 3.63) is 60.2 Å². The van der Waals surface area contributed by atoms with Gasteiger partial charge in [-0.25, -0.2) is 4.79 Å². The average molecular weight is 300 g/mol. The molecule has 22 heavy (non-hydrogen) atoms. The molecule has 0 aliphatic carbocycles. The number of ether oxygens (including phenoxy) is 2. The number of carbonyl (C=O) groups is 2. The lowest BCUT2D eigenvalue weighted by molar-refractivity contribution is -0.158. The number of hydrogen-bond donors (Lipinski definition) is 0. The molecule has 1 aromatic carbocycles. The van der Waals surface area contributed by atoms with E-state index in [1.54, 1.807) is 18.2 Å². The zero-order valence-corrected chi connectivity index (χ0v) is 12.8. The van der Waals surface area contributed by atoms with E-state index in [0.717, 1.165) is 5.56 Å². The molecule has 1 unspecified atom stereocenters. The molecule has 0 N–H and O–H groups in total. The minimum atomic E-state index is -0.599. The van der Waals surface area contributed by atoms with E-state index in [4.69, 9.17) is 9.47 Å². The molecule has 1 heterocycles. The number of esters is 2. The summed E-state index contributed by atoms with van der Waals surface area (Å²) in [7, 11) is 0. The van der Waals surface area contributed by atoms with E-state index >= 15 is 0 Å². The summed E-state index contributed by atoms with van der Waals surface area (Å²) in [6.07, 6.45) is 5.96. The maximum absolute atomic E-state index is 12.5. The van der Waals surface area contributed by atoms with Crippen LogP contribution >= 0.6 is 0 Å². The van der Waals surface area contributed by atoms with E-state index in [0.29, 0.717) is 6.42 Å². The summed E-state index contributed by atoms with van der Waals surface area (Å²) in [4.78, 5) is 23.7. The van der Waals surface area contributed by atoms with Crippen LogP contribution in [0.2, 0.25) is 0 Å². The van der Waals surface area contributed by atoms with Gasteiger partial charge in [-0.2, -0.15) is 0 Å². The normalized spacial score (nSPS) is 19.9. The third kappa shape index (κ3) is 3.85. The first-order chi connectivity index (χ1) is 10.7. The van der Waals surface area contributed by atoms with Gasteiger partial charge in [0.2, 0.25) is 0 Å². The summed E-state index contributed by atoms with van der Waals surface area (Å²) in [6, 6.07) is 9.53. The van der Waals surface area contributed by atoms with Gasteiger partial charge in [0, 0.05) is 6.08 Å². The Labute approximate surface area is 130 Å². The van der Waals surface area contributed by atoms with Crippen LogP contribution in [0.4, 0.5) is 0 Å². The van der Waals surface area contributed by atoms with Gasteiger partial charge in [0.15, 0.2) is 12.2 Å². The Kier molecular flexibility index (Phi) is 5.53. The Hall–Kier alpha value is -2.36. The molecule has 4 heteroatoms. The number of allylic oxidation sites excluding steroid dienone is 1. The van der Waals surface area contributed by atoms with Crippen molar-refractivity contribution in [1.29, 1.82) is 0 Å². The van der Waals surface area contributed by atoms with E-state index in [9.17, 15) is 9.59 Å². The Morgan fingerprint density at radius 3 is 2.64 bits per heavy atom. The fraction of sp³-hybridized carbons (Fsp3) is 0.333. The molecule has 0 saturated heterocycles. The van der Waals surface area contributed by atoms with Crippen LogP contribution in [-0.4, -0.2) is 24.1 Å². The lowest BCUT2D eigenvalue weighted by Gasteiger charge is -2.22. The van der Waals surface area contributed by atoms with Crippen molar-refractivity contribution in [1.82, 2.24) is 0 Å². The average Bonchev–Trinajstić information content (AvgIpc) is 2.95. The van der Waals surface area contributed by atoms with Crippen molar-refractivity contribution in [2.45, 2.75) is 38.4 Å². The van der Waals surface area contributed by atoms with Crippen LogP contribution in [0.5, 0.6) is 0 Å². The molecule has 0 radical (unpaired) electrons. The third-order valence-corrected chi connectivity index (χ3v) is 3.53. The van der Waals surface area contributed by atoms with Gasteiger partial charge in [0.1, 0.15) is 0 Å². The molecule has 116 valence electrons. The van der Waals surface area contributed by atoms with Crippen LogP contribution in [-0.2, 0) is 19.1 Å². The molecule has 0 spiro atoms. The number of rotatable bonds is 6. The second-order valence-electron chi connectivity index (χ2n) is 5.06. The van der Waals surface area contributed by atoms with Crippen LogP contribution in [0.1, 0.15) is 31.7 Å². The smallest absolute Gasteiger partial charge is 0.331 e. The quantitative estimate of drug-likeness (QED) is 0.598. The summed E-state index contributed by atoms with van der Waals surface area (Å²) in [5, 5.41) is 0. The number of hydrogen-bond acceptors (Lipinski definition) is 4. The molecule has 4 nitrogen and oxygen atoms in total. The van der Waals surface area contributed by atoms with Gasteiger partial charge < -0.3 is 9.47 Å². The van der Waals surface area contributed by atoms with Gasteiger partial charge in [0.05, 0.1) is 5.92 Å². The lowest BCUT2D eigenvalue weighted by atomic mass is 9.96. The van der Waals surface area contributed by atoms with E-state index in [1.165, 1.54) is 6.08 Å². The Bertz CT molecular complexity index is 574. The number of carbonyl (C=O) groups excluding carboxylic acids is 2. The molecule has 1 aliphatic rings. The second-order valence-corrected chi connectivity index (χ2v) is 5.06. The maximum atomic E-state index is 12.5. The van der Waals surface area contributed by atoms with Crippen LogP contribution < -0.4 is 0 Å². The van der Waals surface area contributed by atoms with E-state index in [1.807, 2.05) is 44.2 Å². The monoisotopic (exact) mass is 300 g/mol. The SMILES string of the molecule is C/C=C/[C@H](OC(=O)[C@@H](CC)c1ccccc1)C1C=CC(=O)O1. The highest BCUT2D eigenvalue weighted by Crippen LogP contribution is 2.23. The fourth-order valence-corrected chi connectivity index (χ4v) is 2.41. The topological polar surface area (TPSA) is 52.6 Å². The Balaban J connectivity index is 2.10. The highest BCUT2D eigenvalue weighted by molar-refractivity contribution is 5.84. The summed E-state index contributed by atoms with van der Waals surface area (Å²) in [6.45, 7) is 3.77. The predicted molar refractivity (Wildman–Crippen MR) is 83.2 cm³/mol. The highest BCUT2D eigenvalue weighted by atomic mass is 16.6. The number of benzene rings is 1. The van der Waals surface area contributed by atoms with Crippen LogP contribution in [0.15, 0.2) is 54.6 Å². The van der Waals surface area contributed by atoms with Gasteiger partial charge in [-0.3, -0.25) is 4.79 Å². The number of cyclic esters (lactones) is 1. The minimum Gasteiger partial charge on any atom is -0.453 e. The van der Waals surface area contributed by atoms with Crippen molar-refractivity contribution in [3.8, 4) is 0 Å². The molecule has 0 fully saturated rings. The summed E-state index contributed by atoms with van der Waals surface area (Å²) < 4.78 is 10.7. The van der Waals surface area contributed by atoms with Crippen molar-refractivity contribution in [3.63, 3.8) is 0 Å². The van der Waals surface area contributed by atoms with E-state index < -0.39 is 18.2 Å². The molecule has 0 amide bonds. The summed E-state index contributed by atoms with van der Waals surface area (Å²) in [5.74, 6) is -1.05. The molecular weight excluding hydrogens is 280 g/mol. The zero-order chi connectivity index (χ0) is 15.9. The Morgan fingerprint density at radius 1 is 1.36 bits per heavy atom. The molecular formula is C18H20O4. The largest absolute Gasteiger partial charge is 0.453 e. The molecule has 0 saturated carbocycles. The highest BCUT2D eigenvalue weighted by Gasteiger charge is 2.30.